The first-order valence-corrected chi connectivity index (χ1v) is 6.16. The van der Waals surface area contributed by atoms with E-state index < -0.39 is 11.7 Å². The number of benzene rings is 1. The van der Waals surface area contributed by atoms with E-state index in [1.165, 1.54) is 0 Å². The molecule has 0 aliphatic rings. The summed E-state index contributed by atoms with van der Waals surface area (Å²) in [6.07, 6.45) is 0.284. The average molecular weight is 250 g/mol. The van der Waals surface area contributed by atoms with Crippen LogP contribution in [0, 0.1) is 0 Å². The highest BCUT2D eigenvalue weighted by Crippen LogP contribution is 2.12. The van der Waals surface area contributed by atoms with E-state index >= 15 is 0 Å². The molecule has 4 heteroatoms. The van der Waals surface area contributed by atoms with E-state index in [4.69, 9.17) is 10.5 Å². The first-order valence-electron chi connectivity index (χ1n) is 6.16. The molecule has 100 valence electrons. The zero-order chi connectivity index (χ0) is 13.6. The van der Waals surface area contributed by atoms with Gasteiger partial charge in [-0.3, -0.25) is 0 Å². The highest BCUT2D eigenvalue weighted by Gasteiger charge is 2.15. The maximum atomic E-state index is 11.4. The van der Waals surface area contributed by atoms with Crippen LogP contribution in [0.15, 0.2) is 30.3 Å². The average Bonchev–Trinajstić information content (AvgIpc) is 2.27. The van der Waals surface area contributed by atoms with Crippen LogP contribution in [-0.4, -0.2) is 18.2 Å². The van der Waals surface area contributed by atoms with Gasteiger partial charge in [0, 0.05) is 12.6 Å². The van der Waals surface area contributed by atoms with Crippen molar-refractivity contribution in [2.75, 3.05) is 6.54 Å². The lowest BCUT2D eigenvalue weighted by Crippen LogP contribution is -2.33. The highest BCUT2D eigenvalue weighted by atomic mass is 16.6. The maximum Gasteiger partial charge on any atom is 0.407 e. The van der Waals surface area contributed by atoms with Crippen LogP contribution in [0.1, 0.15) is 38.8 Å². The molecule has 1 atom stereocenters. The predicted molar refractivity (Wildman–Crippen MR) is 72.2 cm³/mol. The monoisotopic (exact) mass is 250 g/mol. The fraction of sp³-hybridized carbons (Fsp3) is 0.500. The predicted octanol–water partition coefficient (Wildman–Crippen LogP) is 2.60. The largest absolute Gasteiger partial charge is 0.444 e. The number of nitrogens with one attached hydrogen (secondary N) is 1. The van der Waals surface area contributed by atoms with Crippen LogP contribution in [-0.2, 0) is 4.74 Å². The van der Waals surface area contributed by atoms with Crippen LogP contribution >= 0.6 is 0 Å². The second-order valence-corrected chi connectivity index (χ2v) is 5.23. The van der Waals surface area contributed by atoms with Gasteiger partial charge >= 0.3 is 6.09 Å². The molecule has 0 bridgehead atoms. The maximum absolute atomic E-state index is 11.4. The zero-order valence-corrected chi connectivity index (χ0v) is 11.3. The second kappa shape index (κ2) is 6.40. The number of nitrogens with two attached hydrogens (primary N) is 1. The summed E-state index contributed by atoms with van der Waals surface area (Å²) in [6.45, 7) is 6.01. The van der Waals surface area contributed by atoms with Gasteiger partial charge in [-0.1, -0.05) is 30.3 Å². The van der Waals surface area contributed by atoms with Crippen molar-refractivity contribution >= 4 is 6.09 Å². The minimum absolute atomic E-state index is 0.0684. The van der Waals surface area contributed by atoms with E-state index in [0.717, 1.165) is 5.56 Å². The first-order chi connectivity index (χ1) is 8.38. The van der Waals surface area contributed by atoms with Gasteiger partial charge < -0.3 is 15.8 Å². The molecule has 3 N–H and O–H groups in total. The summed E-state index contributed by atoms with van der Waals surface area (Å²) < 4.78 is 5.13. The number of carbonyl (C=O) groups excluding carboxylic acids is 1. The molecule has 1 amide bonds. The van der Waals surface area contributed by atoms with Crippen LogP contribution in [0.2, 0.25) is 0 Å². The summed E-state index contributed by atoms with van der Waals surface area (Å²) in [6, 6.07) is 9.76. The molecule has 0 saturated carbocycles. The first kappa shape index (κ1) is 14.5. The zero-order valence-electron chi connectivity index (χ0n) is 11.3. The molecule has 0 saturated heterocycles. The third kappa shape index (κ3) is 5.68. The molecule has 0 aromatic heterocycles. The van der Waals surface area contributed by atoms with Gasteiger partial charge in [-0.25, -0.2) is 4.79 Å². The van der Waals surface area contributed by atoms with E-state index in [1.807, 2.05) is 51.1 Å². The third-order valence-corrected chi connectivity index (χ3v) is 2.35. The topological polar surface area (TPSA) is 64.3 Å². The smallest absolute Gasteiger partial charge is 0.407 e. The lowest BCUT2D eigenvalue weighted by atomic mass is 10.1. The number of alkyl carbamates (subject to hydrolysis) is 1. The Morgan fingerprint density at radius 1 is 1.33 bits per heavy atom. The van der Waals surface area contributed by atoms with Crippen LogP contribution in [0.3, 0.4) is 0 Å². The Labute approximate surface area is 109 Å². The van der Waals surface area contributed by atoms with E-state index in [0.29, 0.717) is 13.0 Å². The second-order valence-electron chi connectivity index (χ2n) is 5.23. The molecule has 0 radical (unpaired) electrons. The minimum Gasteiger partial charge on any atom is -0.444 e. The van der Waals surface area contributed by atoms with Gasteiger partial charge in [-0.05, 0) is 32.8 Å². The van der Waals surface area contributed by atoms with Crippen molar-refractivity contribution in [1.82, 2.24) is 5.32 Å². The Bertz CT molecular complexity index is 371. The number of amides is 1. The Morgan fingerprint density at radius 3 is 2.50 bits per heavy atom. The normalized spacial score (nSPS) is 12.9. The molecule has 0 unspecified atom stereocenters. The van der Waals surface area contributed by atoms with Gasteiger partial charge in [0.05, 0.1) is 0 Å². The fourth-order valence-electron chi connectivity index (χ4n) is 1.51. The van der Waals surface area contributed by atoms with Crippen LogP contribution < -0.4 is 11.1 Å². The molecule has 1 aromatic rings. The fourth-order valence-corrected chi connectivity index (χ4v) is 1.51. The summed E-state index contributed by atoms with van der Waals surface area (Å²) in [5.41, 5.74) is 6.62. The quantitative estimate of drug-likeness (QED) is 0.863. The van der Waals surface area contributed by atoms with E-state index in [1.54, 1.807) is 0 Å². The summed E-state index contributed by atoms with van der Waals surface area (Å²) >= 11 is 0. The summed E-state index contributed by atoms with van der Waals surface area (Å²) in [7, 11) is 0. The molecule has 0 aliphatic heterocycles. The Kier molecular flexibility index (Phi) is 5.16. The van der Waals surface area contributed by atoms with Crippen molar-refractivity contribution in [3.05, 3.63) is 35.9 Å². The molecule has 1 aromatic carbocycles. The van der Waals surface area contributed by atoms with Gasteiger partial charge in [-0.15, -0.1) is 0 Å². The Morgan fingerprint density at radius 2 is 1.94 bits per heavy atom. The van der Waals surface area contributed by atoms with E-state index in [2.05, 4.69) is 5.32 Å². The van der Waals surface area contributed by atoms with Crippen LogP contribution in [0.25, 0.3) is 0 Å². The lowest BCUT2D eigenvalue weighted by Gasteiger charge is -2.20. The lowest BCUT2D eigenvalue weighted by molar-refractivity contribution is 0.0526. The molecular formula is C14H22N2O2. The summed E-state index contributed by atoms with van der Waals surface area (Å²) in [4.78, 5) is 11.4. The van der Waals surface area contributed by atoms with Crippen molar-refractivity contribution in [2.45, 2.75) is 38.8 Å². The van der Waals surface area contributed by atoms with E-state index in [9.17, 15) is 4.79 Å². The number of hydrogen-bond acceptors (Lipinski definition) is 3. The Balaban J connectivity index is 2.28. The molecule has 1 rings (SSSR count). The van der Waals surface area contributed by atoms with Crippen molar-refractivity contribution < 1.29 is 9.53 Å². The van der Waals surface area contributed by atoms with Gasteiger partial charge in [-0.2, -0.15) is 0 Å². The van der Waals surface area contributed by atoms with Crippen molar-refractivity contribution in [2.24, 2.45) is 5.73 Å². The highest BCUT2D eigenvalue weighted by molar-refractivity contribution is 5.67. The van der Waals surface area contributed by atoms with Crippen molar-refractivity contribution in [1.29, 1.82) is 0 Å². The molecule has 0 spiro atoms. The number of hydrogen-bond donors (Lipinski definition) is 2. The number of ether oxygens (including phenoxy) is 1. The van der Waals surface area contributed by atoms with Gasteiger partial charge in [0.25, 0.3) is 0 Å². The van der Waals surface area contributed by atoms with Gasteiger partial charge in [0.15, 0.2) is 0 Å². The molecule has 0 fully saturated rings. The van der Waals surface area contributed by atoms with Crippen LogP contribution in [0.5, 0.6) is 0 Å². The molecule has 4 nitrogen and oxygen atoms in total. The van der Waals surface area contributed by atoms with Crippen molar-refractivity contribution in [3.63, 3.8) is 0 Å². The SMILES string of the molecule is CC(C)(C)OC(=O)NCC[C@@H](N)c1ccccc1. The summed E-state index contributed by atoms with van der Waals surface area (Å²) in [5, 5.41) is 2.70. The van der Waals surface area contributed by atoms with Gasteiger partial charge in [0.1, 0.15) is 5.60 Å². The molecule has 0 aliphatic carbocycles. The molecular weight excluding hydrogens is 228 g/mol. The van der Waals surface area contributed by atoms with E-state index in [-0.39, 0.29) is 6.04 Å². The number of rotatable bonds is 4. The summed E-state index contributed by atoms with van der Waals surface area (Å²) in [5.74, 6) is 0. The minimum atomic E-state index is -0.467. The standard InChI is InChI=1S/C14H22N2O2/c1-14(2,3)18-13(17)16-10-9-12(15)11-7-5-4-6-8-11/h4-8,12H,9-10,15H2,1-3H3,(H,16,17)/t12-/m1/s1. The molecule has 18 heavy (non-hydrogen) atoms. The number of carbonyl (C=O) groups is 1. The molecule has 0 heterocycles. The van der Waals surface area contributed by atoms with Gasteiger partial charge in [0.2, 0.25) is 0 Å². The Hall–Kier alpha value is -1.55. The van der Waals surface area contributed by atoms with Crippen LogP contribution in [0.4, 0.5) is 4.79 Å². The van der Waals surface area contributed by atoms with Crippen molar-refractivity contribution in [3.8, 4) is 0 Å². The third-order valence-electron chi connectivity index (χ3n) is 2.35.